The van der Waals surface area contributed by atoms with Crippen molar-refractivity contribution in [3.8, 4) is 0 Å². The summed E-state index contributed by atoms with van der Waals surface area (Å²) in [5.74, 6) is -0.212. The average Bonchev–Trinajstić information content (AvgIpc) is 2.17. The number of piperidine rings is 2. The Kier molecular flexibility index (Phi) is 3.66. The van der Waals surface area contributed by atoms with E-state index in [1.54, 1.807) is 6.92 Å². The number of fused-ring (bicyclic) bond motifs is 2. The molecule has 2 amide bonds. The molecule has 3 N–H and O–H groups in total. The third-order valence-corrected chi connectivity index (χ3v) is 3.87. The smallest absolute Gasteiger partial charge is 0.231 e. The van der Waals surface area contributed by atoms with Gasteiger partial charge in [-0.3, -0.25) is 14.5 Å². The van der Waals surface area contributed by atoms with Gasteiger partial charge < -0.3 is 11.1 Å². The van der Waals surface area contributed by atoms with Crippen LogP contribution < -0.4 is 11.1 Å². The van der Waals surface area contributed by atoms with Gasteiger partial charge in [0.2, 0.25) is 11.8 Å². The first kappa shape index (κ1) is 12.4. The summed E-state index contributed by atoms with van der Waals surface area (Å²) < 4.78 is 0. The Morgan fingerprint density at radius 2 is 1.88 bits per heavy atom. The molecule has 96 valence electrons. The summed E-state index contributed by atoms with van der Waals surface area (Å²) in [6.07, 6.45) is 5.34. The zero-order chi connectivity index (χ0) is 12.4. The monoisotopic (exact) mass is 239 g/mol. The fourth-order valence-corrected chi connectivity index (χ4v) is 3.32. The maximum Gasteiger partial charge on any atom is 0.231 e. The van der Waals surface area contributed by atoms with Crippen LogP contribution in [0.5, 0.6) is 0 Å². The number of hydrogen-bond acceptors (Lipinski definition) is 3. The van der Waals surface area contributed by atoms with Crippen molar-refractivity contribution >= 4 is 11.8 Å². The Morgan fingerprint density at radius 3 is 2.35 bits per heavy atom. The number of nitrogens with zero attached hydrogens (tertiary/aromatic N) is 1. The molecule has 5 heteroatoms. The number of primary amides is 1. The van der Waals surface area contributed by atoms with Crippen molar-refractivity contribution in [2.45, 2.75) is 57.2 Å². The highest BCUT2D eigenvalue weighted by Gasteiger charge is 2.38. The number of rotatable bonds is 3. The van der Waals surface area contributed by atoms with Crippen LogP contribution in [0.4, 0.5) is 0 Å². The van der Waals surface area contributed by atoms with Crippen LogP contribution in [0.2, 0.25) is 0 Å². The Balaban J connectivity index is 2.00. The van der Waals surface area contributed by atoms with Crippen LogP contribution in [0.15, 0.2) is 0 Å². The van der Waals surface area contributed by atoms with Gasteiger partial charge in [0.15, 0.2) is 0 Å². The predicted molar refractivity (Wildman–Crippen MR) is 64.2 cm³/mol. The topological polar surface area (TPSA) is 75.4 Å². The molecule has 2 saturated heterocycles. The number of nitrogens with one attached hydrogen (secondary N) is 1. The van der Waals surface area contributed by atoms with E-state index in [1.807, 2.05) is 0 Å². The standard InChI is InChI=1S/C12H21N3O2/c1-8(16)14-9-5-10-3-2-4-11(6-9)15(10)7-12(13)17/h9-11H,2-7H2,1H3,(H2,13,17)(H,14,16)/t10-,11-/m1/s1. The lowest BCUT2D eigenvalue weighted by atomic mass is 9.81. The highest BCUT2D eigenvalue weighted by Crippen LogP contribution is 2.33. The van der Waals surface area contributed by atoms with Gasteiger partial charge in [0.05, 0.1) is 6.54 Å². The summed E-state index contributed by atoms with van der Waals surface area (Å²) in [6, 6.07) is 1.09. The molecule has 2 fully saturated rings. The molecule has 2 heterocycles. The van der Waals surface area contributed by atoms with E-state index >= 15 is 0 Å². The molecule has 2 aliphatic heterocycles. The summed E-state index contributed by atoms with van der Waals surface area (Å²) >= 11 is 0. The number of amides is 2. The van der Waals surface area contributed by atoms with E-state index in [4.69, 9.17) is 5.73 Å². The van der Waals surface area contributed by atoms with Crippen molar-refractivity contribution in [3.05, 3.63) is 0 Å². The van der Waals surface area contributed by atoms with E-state index in [1.165, 1.54) is 6.42 Å². The van der Waals surface area contributed by atoms with Gasteiger partial charge in [-0.05, 0) is 25.7 Å². The van der Waals surface area contributed by atoms with Crippen LogP contribution in [-0.4, -0.2) is 41.4 Å². The minimum atomic E-state index is -0.250. The lowest BCUT2D eigenvalue weighted by molar-refractivity contribution is -0.124. The molecule has 0 radical (unpaired) electrons. The summed E-state index contributed by atoms with van der Waals surface area (Å²) in [5.41, 5.74) is 5.29. The maximum absolute atomic E-state index is 11.1. The molecule has 2 rings (SSSR count). The van der Waals surface area contributed by atoms with Gasteiger partial charge >= 0.3 is 0 Å². The fourth-order valence-electron chi connectivity index (χ4n) is 3.32. The molecule has 2 atom stereocenters. The van der Waals surface area contributed by atoms with E-state index in [9.17, 15) is 9.59 Å². The first-order chi connectivity index (χ1) is 8.06. The largest absolute Gasteiger partial charge is 0.369 e. The van der Waals surface area contributed by atoms with Crippen molar-refractivity contribution < 1.29 is 9.59 Å². The van der Waals surface area contributed by atoms with Gasteiger partial charge in [0.1, 0.15) is 0 Å². The molecule has 0 aromatic rings. The zero-order valence-corrected chi connectivity index (χ0v) is 10.3. The first-order valence-electron chi connectivity index (χ1n) is 6.37. The second-order valence-corrected chi connectivity index (χ2v) is 5.25. The highest BCUT2D eigenvalue weighted by molar-refractivity contribution is 5.76. The van der Waals surface area contributed by atoms with Crippen molar-refractivity contribution in [2.75, 3.05) is 6.54 Å². The second-order valence-electron chi connectivity index (χ2n) is 5.25. The third kappa shape index (κ3) is 2.97. The fraction of sp³-hybridized carbons (Fsp3) is 0.833. The lowest BCUT2D eigenvalue weighted by Crippen LogP contribution is -2.58. The van der Waals surface area contributed by atoms with Crippen molar-refractivity contribution in [1.29, 1.82) is 0 Å². The van der Waals surface area contributed by atoms with Gasteiger partial charge in [-0.15, -0.1) is 0 Å². The maximum atomic E-state index is 11.1. The van der Waals surface area contributed by atoms with Gasteiger partial charge in [0, 0.05) is 25.0 Å². The van der Waals surface area contributed by atoms with Gasteiger partial charge in [-0.2, -0.15) is 0 Å². The predicted octanol–water partition coefficient (Wildman–Crippen LogP) is -0.00670. The molecule has 17 heavy (non-hydrogen) atoms. The quantitative estimate of drug-likeness (QED) is 0.727. The molecular weight excluding hydrogens is 218 g/mol. The Hall–Kier alpha value is -1.10. The number of nitrogens with two attached hydrogens (primary N) is 1. The summed E-state index contributed by atoms with van der Waals surface area (Å²) in [4.78, 5) is 24.4. The minimum absolute atomic E-state index is 0.0384. The first-order valence-corrected chi connectivity index (χ1v) is 6.37. The highest BCUT2D eigenvalue weighted by atomic mass is 16.2. The van der Waals surface area contributed by atoms with Crippen LogP contribution in [0.3, 0.4) is 0 Å². The normalized spacial score (nSPS) is 33.1. The van der Waals surface area contributed by atoms with E-state index < -0.39 is 0 Å². The second kappa shape index (κ2) is 5.04. The zero-order valence-electron chi connectivity index (χ0n) is 10.3. The number of hydrogen-bond donors (Lipinski definition) is 2. The summed E-state index contributed by atoms with van der Waals surface area (Å²) in [7, 11) is 0. The van der Waals surface area contributed by atoms with Gasteiger partial charge in [-0.25, -0.2) is 0 Å². The van der Waals surface area contributed by atoms with E-state index in [0.29, 0.717) is 18.6 Å². The Morgan fingerprint density at radius 1 is 1.29 bits per heavy atom. The van der Waals surface area contributed by atoms with Gasteiger partial charge in [-0.1, -0.05) is 6.42 Å². The molecule has 0 saturated carbocycles. The lowest BCUT2D eigenvalue weighted by Gasteiger charge is -2.48. The summed E-state index contributed by atoms with van der Waals surface area (Å²) in [5, 5.41) is 3.00. The molecule has 0 aliphatic carbocycles. The van der Waals surface area contributed by atoms with Crippen molar-refractivity contribution in [1.82, 2.24) is 10.2 Å². The minimum Gasteiger partial charge on any atom is -0.369 e. The van der Waals surface area contributed by atoms with Crippen LogP contribution >= 0.6 is 0 Å². The summed E-state index contributed by atoms with van der Waals surface area (Å²) in [6.45, 7) is 1.92. The molecule has 0 unspecified atom stereocenters. The Bertz CT molecular complexity index is 305. The molecule has 2 aliphatic rings. The Labute approximate surface area is 102 Å². The molecule has 0 spiro atoms. The number of carbonyl (C=O) groups excluding carboxylic acids is 2. The van der Waals surface area contributed by atoms with Crippen LogP contribution in [-0.2, 0) is 9.59 Å². The van der Waals surface area contributed by atoms with Crippen LogP contribution in [0, 0.1) is 0 Å². The molecule has 0 aromatic carbocycles. The van der Waals surface area contributed by atoms with Crippen molar-refractivity contribution in [3.63, 3.8) is 0 Å². The molecule has 5 nitrogen and oxygen atoms in total. The molecule has 2 bridgehead atoms. The van der Waals surface area contributed by atoms with E-state index in [0.717, 1.165) is 25.7 Å². The SMILES string of the molecule is CC(=O)NC1C[C@H]2CCC[C@H](C1)N2CC(N)=O. The third-order valence-electron chi connectivity index (χ3n) is 3.87. The van der Waals surface area contributed by atoms with Crippen LogP contribution in [0.25, 0.3) is 0 Å². The van der Waals surface area contributed by atoms with Crippen molar-refractivity contribution in [2.24, 2.45) is 5.73 Å². The molecule has 0 aromatic heterocycles. The van der Waals surface area contributed by atoms with E-state index in [-0.39, 0.29) is 17.9 Å². The van der Waals surface area contributed by atoms with Crippen LogP contribution in [0.1, 0.15) is 39.0 Å². The number of carbonyl (C=O) groups is 2. The molecular formula is C12H21N3O2. The van der Waals surface area contributed by atoms with Gasteiger partial charge in [0.25, 0.3) is 0 Å². The average molecular weight is 239 g/mol. The van der Waals surface area contributed by atoms with E-state index in [2.05, 4.69) is 10.2 Å².